The number of esters is 1. The largest absolute Gasteiger partial charge is 0.497 e. The van der Waals surface area contributed by atoms with Gasteiger partial charge in [-0.05, 0) is 60.4 Å². The summed E-state index contributed by atoms with van der Waals surface area (Å²) in [6.45, 7) is 6.55. The molecule has 0 spiro atoms. The third-order valence-corrected chi connectivity index (χ3v) is 8.22. The Morgan fingerprint density at radius 1 is 1.05 bits per heavy atom. The van der Waals surface area contributed by atoms with E-state index in [0.717, 1.165) is 24.2 Å². The van der Waals surface area contributed by atoms with Crippen molar-refractivity contribution in [1.82, 2.24) is 0 Å². The van der Waals surface area contributed by atoms with Crippen LogP contribution in [0.1, 0.15) is 64.9 Å². The molecule has 2 fully saturated rings. The molecule has 7 heteroatoms. The molecule has 2 aromatic carbocycles. The summed E-state index contributed by atoms with van der Waals surface area (Å²) in [4.78, 5) is 27.1. The molecule has 0 aromatic heterocycles. The minimum absolute atomic E-state index is 0.0138. The van der Waals surface area contributed by atoms with Crippen molar-refractivity contribution in [2.45, 2.75) is 82.8 Å². The zero-order chi connectivity index (χ0) is 26.8. The SMILES string of the molecule is COc1ccc(N2C(=O)C(F)(F)CCC2CC(=O)O[C@@H]2C[C@H](C)CC[C@H]2C(C)(C)c2ccccc2)cc1. The van der Waals surface area contributed by atoms with E-state index in [4.69, 9.17) is 9.47 Å². The Morgan fingerprint density at radius 2 is 1.73 bits per heavy atom. The van der Waals surface area contributed by atoms with Crippen molar-refractivity contribution in [3.8, 4) is 5.75 Å². The molecule has 1 unspecified atom stereocenters. The van der Waals surface area contributed by atoms with Crippen molar-refractivity contribution in [1.29, 1.82) is 0 Å². The number of carbonyl (C=O) groups is 2. The summed E-state index contributed by atoms with van der Waals surface area (Å²) in [5.74, 6) is -4.10. The second-order valence-corrected chi connectivity index (χ2v) is 11.1. The van der Waals surface area contributed by atoms with Gasteiger partial charge in [0.25, 0.3) is 5.91 Å². The summed E-state index contributed by atoms with van der Waals surface area (Å²) in [7, 11) is 1.51. The number of alkyl halides is 2. The predicted molar refractivity (Wildman–Crippen MR) is 139 cm³/mol. The molecule has 200 valence electrons. The minimum Gasteiger partial charge on any atom is -0.497 e. The molecule has 1 aliphatic heterocycles. The number of rotatable bonds is 7. The number of halogens is 2. The Balaban J connectivity index is 1.52. The van der Waals surface area contributed by atoms with E-state index in [0.29, 0.717) is 17.4 Å². The first-order valence-corrected chi connectivity index (χ1v) is 13.1. The fourth-order valence-electron chi connectivity index (χ4n) is 5.97. The monoisotopic (exact) mass is 513 g/mol. The van der Waals surface area contributed by atoms with Crippen LogP contribution in [0.4, 0.5) is 14.5 Å². The van der Waals surface area contributed by atoms with Gasteiger partial charge in [0.15, 0.2) is 0 Å². The van der Waals surface area contributed by atoms with E-state index in [1.807, 2.05) is 18.2 Å². The third-order valence-electron chi connectivity index (χ3n) is 8.22. The van der Waals surface area contributed by atoms with Gasteiger partial charge in [-0.3, -0.25) is 9.59 Å². The summed E-state index contributed by atoms with van der Waals surface area (Å²) < 4.78 is 40.1. The number of piperidine rings is 1. The first-order chi connectivity index (χ1) is 17.5. The van der Waals surface area contributed by atoms with E-state index in [9.17, 15) is 18.4 Å². The molecule has 2 aromatic rings. The zero-order valence-corrected chi connectivity index (χ0v) is 22.1. The molecule has 1 amide bonds. The lowest BCUT2D eigenvalue weighted by atomic mass is 9.64. The fourth-order valence-corrected chi connectivity index (χ4v) is 5.97. The molecule has 0 bridgehead atoms. The highest BCUT2D eigenvalue weighted by Crippen LogP contribution is 2.44. The number of hydrogen-bond acceptors (Lipinski definition) is 4. The lowest BCUT2D eigenvalue weighted by molar-refractivity contribution is -0.158. The number of anilines is 1. The average molecular weight is 514 g/mol. The lowest BCUT2D eigenvalue weighted by Crippen LogP contribution is -2.54. The molecule has 5 nitrogen and oxygen atoms in total. The highest BCUT2D eigenvalue weighted by Gasteiger charge is 2.50. The summed E-state index contributed by atoms with van der Waals surface area (Å²) in [6.07, 6.45) is 1.79. The molecule has 1 aliphatic carbocycles. The van der Waals surface area contributed by atoms with Gasteiger partial charge in [-0.25, -0.2) is 0 Å². The van der Waals surface area contributed by atoms with E-state index in [2.05, 4.69) is 32.9 Å². The molecule has 4 rings (SSSR count). The standard InChI is InChI=1S/C30H37F2NO4/c1-20-10-15-25(29(2,3)21-8-6-5-7-9-21)26(18-20)37-27(34)19-23-16-17-30(31,32)28(35)33(23)22-11-13-24(36-4)14-12-22/h5-9,11-14,20,23,25-26H,10,15-19H2,1-4H3/t20-,23?,25-,26-/m1/s1. The number of benzene rings is 2. The number of amides is 1. The predicted octanol–water partition coefficient (Wildman–Crippen LogP) is 6.54. The number of methoxy groups -OCH3 is 1. The highest BCUT2D eigenvalue weighted by molar-refractivity contribution is 6.00. The van der Waals surface area contributed by atoms with Crippen LogP contribution in [0.15, 0.2) is 54.6 Å². The highest BCUT2D eigenvalue weighted by atomic mass is 19.3. The maximum absolute atomic E-state index is 14.4. The number of carbonyl (C=O) groups excluding carboxylic acids is 2. The minimum atomic E-state index is -3.47. The summed E-state index contributed by atoms with van der Waals surface area (Å²) >= 11 is 0. The molecule has 1 saturated carbocycles. The van der Waals surface area contributed by atoms with Crippen molar-refractivity contribution < 1.29 is 27.8 Å². The van der Waals surface area contributed by atoms with Gasteiger partial charge in [0.2, 0.25) is 0 Å². The molecular weight excluding hydrogens is 476 g/mol. The van der Waals surface area contributed by atoms with Crippen LogP contribution < -0.4 is 9.64 Å². The quantitative estimate of drug-likeness (QED) is 0.395. The van der Waals surface area contributed by atoms with Crippen molar-refractivity contribution >= 4 is 17.6 Å². The molecule has 1 heterocycles. The van der Waals surface area contributed by atoms with Gasteiger partial charge < -0.3 is 14.4 Å². The van der Waals surface area contributed by atoms with Crippen molar-refractivity contribution in [2.75, 3.05) is 12.0 Å². The molecule has 2 aliphatic rings. The van der Waals surface area contributed by atoms with Crippen molar-refractivity contribution in [3.63, 3.8) is 0 Å². The Labute approximate surface area is 218 Å². The Morgan fingerprint density at radius 3 is 2.38 bits per heavy atom. The fraction of sp³-hybridized carbons (Fsp3) is 0.533. The second kappa shape index (κ2) is 10.8. The van der Waals surface area contributed by atoms with E-state index < -0.39 is 30.3 Å². The van der Waals surface area contributed by atoms with Crippen LogP contribution in [-0.2, 0) is 19.7 Å². The van der Waals surface area contributed by atoms with Crippen LogP contribution in [0.5, 0.6) is 5.75 Å². The Hall–Kier alpha value is -2.96. The van der Waals surface area contributed by atoms with Gasteiger partial charge in [0, 0.05) is 24.1 Å². The second-order valence-electron chi connectivity index (χ2n) is 11.1. The van der Waals surface area contributed by atoms with Crippen LogP contribution in [-0.4, -0.2) is 37.1 Å². The van der Waals surface area contributed by atoms with Crippen LogP contribution in [0.3, 0.4) is 0 Å². The summed E-state index contributed by atoms with van der Waals surface area (Å²) in [5.41, 5.74) is 1.31. The molecular formula is C30H37F2NO4. The number of nitrogens with zero attached hydrogens (tertiary/aromatic N) is 1. The normalized spacial score (nSPS) is 26.0. The van der Waals surface area contributed by atoms with Crippen LogP contribution >= 0.6 is 0 Å². The number of hydrogen-bond donors (Lipinski definition) is 0. The maximum Gasteiger partial charge on any atom is 0.325 e. The third kappa shape index (κ3) is 5.81. The van der Waals surface area contributed by atoms with Crippen molar-refractivity contribution in [2.24, 2.45) is 11.8 Å². The van der Waals surface area contributed by atoms with Crippen LogP contribution in [0, 0.1) is 11.8 Å². The van der Waals surface area contributed by atoms with Gasteiger partial charge in [0.1, 0.15) is 11.9 Å². The number of ether oxygens (including phenoxy) is 2. The van der Waals surface area contributed by atoms with Gasteiger partial charge >= 0.3 is 11.9 Å². The van der Waals surface area contributed by atoms with Crippen LogP contribution in [0.2, 0.25) is 0 Å². The van der Waals surface area contributed by atoms with E-state index in [1.165, 1.54) is 12.7 Å². The maximum atomic E-state index is 14.4. The summed E-state index contributed by atoms with van der Waals surface area (Å²) in [5, 5.41) is 0. The van der Waals surface area contributed by atoms with Gasteiger partial charge in [-0.1, -0.05) is 57.5 Å². The molecule has 37 heavy (non-hydrogen) atoms. The van der Waals surface area contributed by atoms with Gasteiger partial charge in [0.05, 0.1) is 13.5 Å². The van der Waals surface area contributed by atoms with Gasteiger partial charge in [-0.2, -0.15) is 8.78 Å². The first-order valence-electron chi connectivity index (χ1n) is 13.1. The summed E-state index contributed by atoms with van der Waals surface area (Å²) in [6, 6.07) is 15.9. The van der Waals surface area contributed by atoms with Gasteiger partial charge in [-0.15, -0.1) is 0 Å². The molecule has 1 saturated heterocycles. The smallest absolute Gasteiger partial charge is 0.325 e. The zero-order valence-electron chi connectivity index (χ0n) is 22.1. The molecule has 0 N–H and O–H groups in total. The van der Waals surface area contributed by atoms with E-state index in [-0.39, 0.29) is 30.3 Å². The topological polar surface area (TPSA) is 55.8 Å². The Bertz CT molecular complexity index is 1090. The first kappa shape index (κ1) is 27.1. The lowest BCUT2D eigenvalue weighted by Gasteiger charge is -2.44. The van der Waals surface area contributed by atoms with E-state index in [1.54, 1.807) is 24.3 Å². The Kier molecular flexibility index (Phi) is 7.91. The average Bonchev–Trinajstić information content (AvgIpc) is 2.87. The molecule has 0 radical (unpaired) electrons. The van der Waals surface area contributed by atoms with E-state index >= 15 is 0 Å². The molecule has 4 atom stereocenters. The van der Waals surface area contributed by atoms with Crippen molar-refractivity contribution in [3.05, 3.63) is 60.2 Å². The van der Waals surface area contributed by atoms with Crippen LogP contribution in [0.25, 0.3) is 0 Å².